The molecule has 0 atom stereocenters. The molecular formula is C11H14O3. The van der Waals surface area contributed by atoms with Crippen molar-refractivity contribution in [1.29, 1.82) is 0 Å². The number of benzene rings is 1. The van der Waals surface area contributed by atoms with E-state index >= 15 is 0 Å². The number of aromatic carboxylic acids is 1. The summed E-state index contributed by atoms with van der Waals surface area (Å²) in [5.74, 6) is -0.136. The number of ether oxygens (including phenoxy) is 1. The van der Waals surface area contributed by atoms with Crippen molar-refractivity contribution >= 4 is 5.97 Å². The van der Waals surface area contributed by atoms with Crippen LogP contribution in [0.4, 0.5) is 0 Å². The van der Waals surface area contributed by atoms with Crippen molar-refractivity contribution in [2.75, 3.05) is 6.61 Å². The van der Waals surface area contributed by atoms with Gasteiger partial charge in [-0.25, -0.2) is 4.79 Å². The summed E-state index contributed by atoms with van der Waals surface area (Å²) in [6, 6.07) is 3.28. The van der Waals surface area contributed by atoms with Crippen molar-refractivity contribution in [3.8, 4) is 5.75 Å². The van der Waals surface area contributed by atoms with E-state index in [4.69, 9.17) is 9.84 Å². The third-order valence-electron chi connectivity index (χ3n) is 2.27. The molecule has 0 aliphatic heterocycles. The summed E-state index contributed by atoms with van der Waals surface area (Å²) in [5, 5.41) is 8.87. The average Bonchev–Trinajstić information content (AvgIpc) is 2.13. The lowest BCUT2D eigenvalue weighted by Crippen LogP contribution is -2.03. The van der Waals surface area contributed by atoms with Crippen LogP contribution >= 0.6 is 0 Å². The summed E-state index contributed by atoms with van der Waals surface area (Å²) >= 11 is 0. The second-order valence-electron chi connectivity index (χ2n) is 3.10. The van der Waals surface area contributed by atoms with Gasteiger partial charge in [-0.05, 0) is 44.0 Å². The summed E-state index contributed by atoms with van der Waals surface area (Å²) in [6.45, 7) is 6.15. The number of rotatable bonds is 3. The highest BCUT2D eigenvalue weighted by Gasteiger charge is 2.11. The molecule has 0 aliphatic rings. The molecule has 0 fully saturated rings. The first-order valence-corrected chi connectivity index (χ1v) is 4.54. The third kappa shape index (κ3) is 1.87. The van der Waals surface area contributed by atoms with Gasteiger partial charge in [0.2, 0.25) is 0 Å². The highest BCUT2D eigenvalue weighted by molar-refractivity contribution is 5.90. The van der Waals surface area contributed by atoms with Gasteiger partial charge >= 0.3 is 5.97 Å². The van der Waals surface area contributed by atoms with Crippen LogP contribution in [0.2, 0.25) is 0 Å². The molecule has 0 unspecified atom stereocenters. The molecule has 0 radical (unpaired) electrons. The SMILES string of the molecule is CCOc1ccc(C(=O)O)c(C)c1C. The summed E-state index contributed by atoms with van der Waals surface area (Å²) in [6.07, 6.45) is 0. The minimum absolute atomic E-state index is 0.339. The third-order valence-corrected chi connectivity index (χ3v) is 2.27. The highest BCUT2D eigenvalue weighted by Crippen LogP contribution is 2.24. The van der Waals surface area contributed by atoms with Gasteiger partial charge in [0.25, 0.3) is 0 Å². The predicted molar refractivity (Wildman–Crippen MR) is 54.0 cm³/mol. The summed E-state index contributed by atoms with van der Waals surface area (Å²) < 4.78 is 5.36. The topological polar surface area (TPSA) is 46.5 Å². The van der Waals surface area contributed by atoms with Crippen LogP contribution in [0.5, 0.6) is 5.75 Å². The van der Waals surface area contributed by atoms with Gasteiger partial charge in [-0.1, -0.05) is 0 Å². The van der Waals surface area contributed by atoms with Gasteiger partial charge in [-0.2, -0.15) is 0 Å². The number of hydrogen-bond acceptors (Lipinski definition) is 2. The lowest BCUT2D eigenvalue weighted by molar-refractivity contribution is 0.0696. The fourth-order valence-corrected chi connectivity index (χ4v) is 1.34. The van der Waals surface area contributed by atoms with E-state index in [0.717, 1.165) is 16.9 Å². The fourth-order valence-electron chi connectivity index (χ4n) is 1.34. The first kappa shape index (κ1) is 10.6. The van der Waals surface area contributed by atoms with Crippen LogP contribution in [0.3, 0.4) is 0 Å². The largest absolute Gasteiger partial charge is 0.494 e. The summed E-state index contributed by atoms with van der Waals surface area (Å²) in [7, 11) is 0. The molecule has 76 valence electrons. The number of carboxylic acids is 1. The normalized spacial score (nSPS) is 9.93. The lowest BCUT2D eigenvalue weighted by atomic mass is 10.0. The zero-order chi connectivity index (χ0) is 10.7. The Labute approximate surface area is 83.3 Å². The van der Waals surface area contributed by atoms with Crippen molar-refractivity contribution < 1.29 is 14.6 Å². The first-order valence-electron chi connectivity index (χ1n) is 4.54. The van der Waals surface area contributed by atoms with Gasteiger partial charge < -0.3 is 9.84 Å². The van der Waals surface area contributed by atoms with Gasteiger partial charge in [0.1, 0.15) is 5.75 Å². The Balaban J connectivity index is 3.19. The molecular weight excluding hydrogens is 180 g/mol. The molecule has 0 saturated carbocycles. The van der Waals surface area contributed by atoms with Crippen LogP contribution < -0.4 is 4.74 Å². The Bertz CT molecular complexity index is 356. The standard InChI is InChI=1S/C11H14O3/c1-4-14-10-6-5-9(11(12)13)7(2)8(10)3/h5-6H,4H2,1-3H3,(H,12,13). The molecule has 0 spiro atoms. The van der Waals surface area contributed by atoms with Gasteiger partial charge in [-0.15, -0.1) is 0 Å². The molecule has 0 amide bonds. The molecule has 3 nitrogen and oxygen atoms in total. The average molecular weight is 194 g/mol. The monoisotopic (exact) mass is 194 g/mol. The van der Waals surface area contributed by atoms with E-state index in [1.54, 1.807) is 19.1 Å². The van der Waals surface area contributed by atoms with Crippen LogP contribution in [0.15, 0.2) is 12.1 Å². The minimum atomic E-state index is -0.895. The smallest absolute Gasteiger partial charge is 0.335 e. The fraction of sp³-hybridized carbons (Fsp3) is 0.364. The molecule has 1 aromatic carbocycles. The van der Waals surface area contributed by atoms with Gasteiger partial charge in [0.05, 0.1) is 12.2 Å². The quantitative estimate of drug-likeness (QED) is 0.803. The van der Waals surface area contributed by atoms with Gasteiger partial charge in [0.15, 0.2) is 0 Å². The molecule has 1 N–H and O–H groups in total. The Morgan fingerprint density at radius 3 is 2.50 bits per heavy atom. The van der Waals surface area contributed by atoms with Crippen LogP contribution in [-0.2, 0) is 0 Å². The number of carbonyl (C=O) groups is 1. The molecule has 0 bridgehead atoms. The van der Waals surface area contributed by atoms with E-state index in [1.165, 1.54) is 0 Å². The Morgan fingerprint density at radius 2 is 2.00 bits per heavy atom. The summed E-state index contributed by atoms with van der Waals surface area (Å²) in [5.41, 5.74) is 2.00. The molecule has 0 aromatic heterocycles. The number of hydrogen-bond donors (Lipinski definition) is 1. The van der Waals surface area contributed by atoms with E-state index in [9.17, 15) is 4.79 Å². The van der Waals surface area contributed by atoms with Gasteiger partial charge in [-0.3, -0.25) is 0 Å². The van der Waals surface area contributed by atoms with Gasteiger partial charge in [0, 0.05) is 0 Å². The molecule has 3 heteroatoms. The van der Waals surface area contributed by atoms with Crippen LogP contribution in [-0.4, -0.2) is 17.7 Å². The van der Waals surface area contributed by atoms with Crippen LogP contribution in [0.25, 0.3) is 0 Å². The first-order chi connectivity index (χ1) is 6.57. The molecule has 0 heterocycles. The number of carboxylic acid groups (broad SMARTS) is 1. The lowest BCUT2D eigenvalue weighted by Gasteiger charge is -2.11. The molecule has 0 saturated heterocycles. The molecule has 14 heavy (non-hydrogen) atoms. The second-order valence-corrected chi connectivity index (χ2v) is 3.10. The highest BCUT2D eigenvalue weighted by atomic mass is 16.5. The second kappa shape index (κ2) is 4.13. The molecule has 1 rings (SSSR count). The zero-order valence-corrected chi connectivity index (χ0v) is 8.63. The van der Waals surface area contributed by atoms with Crippen LogP contribution in [0, 0.1) is 13.8 Å². The molecule has 0 aliphatic carbocycles. The maximum atomic E-state index is 10.8. The predicted octanol–water partition coefficient (Wildman–Crippen LogP) is 2.40. The zero-order valence-electron chi connectivity index (χ0n) is 8.63. The maximum absolute atomic E-state index is 10.8. The van der Waals surface area contributed by atoms with Crippen molar-refractivity contribution in [1.82, 2.24) is 0 Å². The van der Waals surface area contributed by atoms with E-state index in [0.29, 0.717) is 12.2 Å². The van der Waals surface area contributed by atoms with E-state index < -0.39 is 5.97 Å². The molecule has 1 aromatic rings. The van der Waals surface area contributed by atoms with E-state index in [-0.39, 0.29) is 0 Å². The Hall–Kier alpha value is -1.51. The van der Waals surface area contributed by atoms with E-state index in [1.807, 2.05) is 13.8 Å². The van der Waals surface area contributed by atoms with Crippen molar-refractivity contribution in [2.45, 2.75) is 20.8 Å². The van der Waals surface area contributed by atoms with E-state index in [2.05, 4.69) is 0 Å². The minimum Gasteiger partial charge on any atom is -0.494 e. The maximum Gasteiger partial charge on any atom is 0.335 e. The Morgan fingerprint density at radius 1 is 1.36 bits per heavy atom. The summed E-state index contributed by atoms with van der Waals surface area (Å²) in [4.78, 5) is 10.8. The van der Waals surface area contributed by atoms with Crippen molar-refractivity contribution in [3.63, 3.8) is 0 Å². The Kier molecular flexibility index (Phi) is 3.12. The van der Waals surface area contributed by atoms with Crippen LogP contribution in [0.1, 0.15) is 28.4 Å². The van der Waals surface area contributed by atoms with Crippen molar-refractivity contribution in [3.05, 3.63) is 28.8 Å². The van der Waals surface area contributed by atoms with Crippen molar-refractivity contribution in [2.24, 2.45) is 0 Å².